The third-order valence-electron chi connectivity index (χ3n) is 3.83. The predicted molar refractivity (Wildman–Crippen MR) is 71.5 cm³/mol. The number of fused-ring (bicyclic) bond motifs is 1. The second-order valence-corrected chi connectivity index (χ2v) is 6.74. The smallest absolute Gasteiger partial charge is 0.285 e. The first-order valence-corrected chi connectivity index (χ1v) is 7.80. The van der Waals surface area contributed by atoms with Crippen LogP contribution in [0.3, 0.4) is 0 Å². The Bertz CT molecular complexity index is 639. The molecule has 0 radical (unpaired) electrons. The summed E-state index contributed by atoms with van der Waals surface area (Å²) in [4.78, 5) is 2.13. The molecule has 3 rings (SSSR count). The zero-order valence-corrected chi connectivity index (χ0v) is 11.5. The molecule has 19 heavy (non-hydrogen) atoms. The van der Waals surface area contributed by atoms with Crippen LogP contribution in [-0.2, 0) is 10.0 Å². The fourth-order valence-electron chi connectivity index (χ4n) is 2.56. The molecule has 102 valence electrons. The minimum absolute atomic E-state index is 0.241. The van der Waals surface area contributed by atoms with Crippen LogP contribution >= 0.6 is 0 Å². The summed E-state index contributed by atoms with van der Waals surface area (Å²) in [7, 11) is -3.57. The van der Waals surface area contributed by atoms with Crippen LogP contribution in [0, 0.1) is 5.92 Å². The average molecular weight is 280 g/mol. The molecule has 5 nitrogen and oxygen atoms in total. The molecule has 1 aromatic carbocycles. The second-order valence-electron chi connectivity index (χ2n) is 5.17. The van der Waals surface area contributed by atoms with Crippen LogP contribution in [0.1, 0.15) is 18.9 Å². The van der Waals surface area contributed by atoms with Gasteiger partial charge in [0.25, 0.3) is 10.0 Å². The van der Waals surface area contributed by atoms with E-state index in [9.17, 15) is 13.5 Å². The molecule has 0 amide bonds. The standard InChI is InChI=1S/C13H16N2O3S/c1-9-6-7-15(8-11(9)16)13-10-4-2-3-5-12(10)19(17,18)14-13/h2-5,9,11,16H,6-8H2,1H3. The monoisotopic (exact) mass is 280 g/mol. The van der Waals surface area contributed by atoms with Crippen LogP contribution < -0.4 is 0 Å². The van der Waals surface area contributed by atoms with Crippen molar-refractivity contribution >= 4 is 15.9 Å². The first-order valence-electron chi connectivity index (χ1n) is 6.36. The van der Waals surface area contributed by atoms with Gasteiger partial charge < -0.3 is 10.0 Å². The number of benzene rings is 1. The van der Waals surface area contributed by atoms with Gasteiger partial charge >= 0.3 is 0 Å². The molecule has 1 N–H and O–H groups in total. The Balaban J connectivity index is 1.99. The first kappa shape index (κ1) is 12.6. The topological polar surface area (TPSA) is 70.0 Å². The van der Waals surface area contributed by atoms with Crippen LogP contribution in [0.5, 0.6) is 0 Å². The van der Waals surface area contributed by atoms with Crippen LogP contribution in [-0.4, -0.2) is 43.5 Å². The van der Waals surface area contributed by atoms with Gasteiger partial charge in [-0.1, -0.05) is 19.1 Å². The molecule has 2 heterocycles. The average Bonchev–Trinajstić information content (AvgIpc) is 2.66. The molecule has 6 heteroatoms. The van der Waals surface area contributed by atoms with Gasteiger partial charge in [-0.05, 0) is 24.5 Å². The van der Waals surface area contributed by atoms with E-state index in [0.717, 1.165) is 13.0 Å². The van der Waals surface area contributed by atoms with Crippen molar-refractivity contribution in [1.82, 2.24) is 4.90 Å². The number of rotatable bonds is 0. The van der Waals surface area contributed by atoms with Crippen molar-refractivity contribution in [2.75, 3.05) is 13.1 Å². The van der Waals surface area contributed by atoms with E-state index < -0.39 is 16.1 Å². The Labute approximate surface area is 112 Å². The Hall–Kier alpha value is -1.40. The van der Waals surface area contributed by atoms with Gasteiger partial charge in [-0.15, -0.1) is 4.40 Å². The summed E-state index contributed by atoms with van der Waals surface area (Å²) in [6, 6.07) is 6.84. The van der Waals surface area contributed by atoms with Gasteiger partial charge in [-0.2, -0.15) is 8.42 Å². The lowest BCUT2D eigenvalue weighted by atomic mass is 9.95. The highest BCUT2D eigenvalue weighted by atomic mass is 32.2. The largest absolute Gasteiger partial charge is 0.391 e. The van der Waals surface area contributed by atoms with E-state index >= 15 is 0 Å². The zero-order valence-electron chi connectivity index (χ0n) is 10.7. The molecular formula is C13H16N2O3S. The molecule has 2 atom stereocenters. The van der Waals surface area contributed by atoms with Crippen LogP contribution in [0.4, 0.5) is 0 Å². The number of sulfonamides is 1. The maximum atomic E-state index is 12.0. The van der Waals surface area contributed by atoms with E-state index in [1.165, 1.54) is 0 Å². The molecule has 2 aliphatic rings. The van der Waals surface area contributed by atoms with Gasteiger partial charge in [-0.3, -0.25) is 0 Å². The number of nitrogens with zero attached hydrogens (tertiary/aromatic N) is 2. The number of amidine groups is 1. The summed E-state index contributed by atoms with van der Waals surface area (Å²) in [5, 5.41) is 9.94. The predicted octanol–water partition coefficient (Wildman–Crippen LogP) is 0.838. The van der Waals surface area contributed by atoms with Gasteiger partial charge in [0.15, 0.2) is 5.84 Å². The van der Waals surface area contributed by atoms with E-state index in [2.05, 4.69) is 4.40 Å². The summed E-state index contributed by atoms with van der Waals surface area (Å²) in [6.45, 7) is 3.16. The normalized spacial score (nSPS) is 28.9. The SMILES string of the molecule is CC1CCN(C2=NS(=O)(=O)c3ccccc32)CC1O. The molecule has 0 bridgehead atoms. The highest BCUT2D eigenvalue weighted by Crippen LogP contribution is 2.29. The third-order valence-corrected chi connectivity index (χ3v) is 5.16. The van der Waals surface area contributed by atoms with E-state index in [1.54, 1.807) is 24.3 Å². The van der Waals surface area contributed by atoms with Crippen LogP contribution in [0.2, 0.25) is 0 Å². The fourth-order valence-corrected chi connectivity index (χ4v) is 3.79. The molecule has 0 saturated carbocycles. The molecule has 0 aromatic heterocycles. The first-order chi connectivity index (χ1) is 8.99. The lowest BCUT2D eigenvalue weighted by Gasteiger charge is -2.35. The highest BCUT2D eigenvalue weighted by Gasteiger charge is 2.34. The van der Waals surface area contributed by atoms with Crippen LogP contribution in [0.25, 0.3) is 0 Å². The summed E-state index contributed by atoms with van der Waals surface area (Å²) < 4.78 is 27.8. The molecule has 1 fully saturated rings. The van der Waals surface area contributed by atoms with E-state index in [-0.39, 0.29) is 10.8 Å². The quantitative estimate of drug-likeness (QED) is 0.764. The number of hydrogen-bond donors (Lipinski definition) is 1. The molecule has 1 aromatic rings. The van der Waals surface area contributed by atoms with Gasteiger partial charge in [-0.25, -0.2) is 0 Å². The lowest BCUT2D eigenvalue weighted by molar-refractivity contribution is 0.0564. The van der Waals surface area contributed by atoms with Crippen molar-refractivity contribution in [2.45, 2.75) is 24.3 Å². The van der Waals surface area contributed by atoms with Crippen LogP contribution in [0.15, 0.2) is 33.6 Å². The minimum atomic E-state index is -3.57. The molecule has 2 aliphatic heterocycles. The van der Waals surface area contributed by atoms with Crippen molar-refractivity contribution in [3.8, 4) is 0 Å². The number of β-amino-alcohol motifs (C(OH)–C–C–N with tert-alkyl or cyclic N) is 1. The minimum Gasteiger partial charge on any atom is -0.391 e. The number of hydrogen-bond acceptors (Lipinski definition) is 4. The number of likely N-dealkylation sites (tertiary alicyclic amines) is 1. The van der Waals surface area contributed by atoms with Crippen molar-refractivity contribution in [3.05, 3.63) is 29.8 Å². The van der Waals surface area contributed by atoms with E-state index in [4.69, 9.17) is 0 Å². The Morgan fingerprint density at radius 1 is 1.37 bits per heavy atom. The van der Waals surface area contributed by atoms with E-state index in [1.807, 2.05) is 11.8 Å². The maximum absolute atomic E-state index is 12.0. The number of piperidine rings is 1. The Kier molecular flexibility index (Phi) is 2.87. The molecule has 1 saturated heterocycles. The zero-order chi connectivity index (χ0) is 13.6. The van der Waals surface area contributed by atoms with Gasteiger partial charge in [0.2, 0.25) is 0 Å². The van der Waals surface area contributed by atoms with Crippen molar-refractivity contribution in [1.29, 1.82) is 0 Å². The molecule has 2 unspecified atom stereocenters. The fraction of sp³-hybridized carbons (Fsp3) is 0.462. The van der Waals surface area contributed by atoms with Crippen molar-refractivity contribution in [2.24, 2.45) is 10.3 Å². The third kappa shape index (κ3) is 2.04. The summed E-state index contributed by atoms with van der Waals surface area (Å²) in [6.07, 6.45) is 0.398. The summed E-state index contributed by atoms with van der Waals surface area (Å²) in [5.41, 5.74) is 0.643. The van der Waals surface area contributed by atoms with Gasteiger partial charge in [0, 0.05) is 18.7 Å². The Morgan fingerprint density at radius 2 is 2.11 bits per heavy atom. The maximum Gasteiger partial charge on any atom is 0.285 e. The van der Waals surface area contributed by atoms with Crippen molar-refractivity contribution < 1.29 is 13.5 Å². The summed E-state index contributed by atoms with van der Waals surface area (Å²) in [5.74, 6) is 0.714. The molecule has 0 spiro atoms. The second kappa shape index (κ2) is 4.31. The number of aliphatic hydroxyl groups is 1. The van der Waals surface area contributed by atoms with E-state index in [0.29, 0.717) is 17.9 Å². The summed E-state index contributed by atoms with van der Waals surface area (Å²) >= 11 is 0. The molecular weight excluding hydrogens is 264 g/mol. The van der Waals surface area contributed by atoms with Gasteiger partial charge in [0.05, 0.1) is 6.10 Å². The van der Waals surface area contributed by atoms with Gasteiger partial charge in [0.1, 0.15) is 4.90 Å². The lowest BCUT2D eigenvalue weighted by Crippen LogP contribution is -2.45. The Morgan fingerprint density at radius 3 is 2.84 bits per heavy atom. The molecule has 0 aliphatic carbocycles. The van der Waals surface area contributed by atoms with Crippen molar-refractivity contribution in [3.63, 3.8) is 0 Å². The number of aliphatic hydroxyl groups excluding tert-OH is 1. The highest BCUT2D eigenvalue weighted by molar-refractivity contribution is 7.90.